The maximum atomic E-state index is 12.8. The van der Waals surface area contributed by atoms with Crippen molar-refractivity contribution in [2.45, 2.75) is 44.9 Å². The first kappa shape index (κ1) is 14.0. The predicted molar refractivity (Wildman–Crippen MR) is 79.5 cm³/mol. The molecule has 110 valence electrons. The van der Waals surface area contributed by atoms with E-state index in [1.54, 1.807) is 11.3 Å². The van der Waals surface area contributed by atoms with Gasteiger partial charge in [-0.2, -0.15) is 11.3 Å². The van der Waals surface area contributed by atoms with Crippen molar-refractivity contribution in [1.82, 2.24) is 10.2 Å². The van der Waals surface area contributed by atoms with E-state index in [1.807, 2.05) is 4.90 Å². The Morgan fingerprint density at radius 3 is 2.95 bits per heavy atom. The molecule has 2 fully saturated rings. The minimum Gasteiger partial charge on any atom is -0.379 e. The molecule has 0 spiro atoms. The summed E-state index contributed by atoms with van der Waals surface area (Å²) in [6.45, 7) is 5.68. The van der Waals surface area contributed by atoms with Gasteiger partial charge >= 0.3 is 0 Å². The van der Waals surface area contributed by atoms with Crippen LogP contribution in [0.4, 0.5) is 0 Å². The summed E-state index contributed by atoms with van der Waals surface area (Å²) < 4.78 is 5.59. The lowest BCUT2D eigenvalue weighted by atomic mass is 10.0. The Hall–Kier alpha value is -0.910. The van der Waals surface area contributed by atoms with Crippen molar-refractivity contribution in [3.8, 4) is 0 Å². The van der Waals surface area contributed by atoms with Crippen LogP contribution in [0.25, 0.3) is 0 Å². The molecule has 1 amide bonds. The molecule has 0 bridgehead atoms. The second-order valence-electron chi connectivity index (χ2n) is 5.96. The molecule has 3 atom stereocenters. The van der Waals surface area contributed by atoms with Crippen LogP contribution in [0.15, 0.2) is 16.8 Å². The van der Waals surface area contributed by atoms with E-state index in [-0.39, 0.29) is 24.2 Å². The van der Waals surface area contributed by atoms with Crippen LogP contribution in [0.5, 0.6) is 0 Å². The molecule has 0 aromatic carbocycles. The van der Waals surface area contributed by atoms with Gasteiger partial charge in [0.1, 0.15) is 6.17 Å². The zero-order valence-corrected chi connectivity index (χ0v) is 12.9. The summed E-state index contributed by atoms with van der Waals surface area (Å²) in [5, 5.41) is 7.72. The van der Waals surface area contributed by atoms with Gasteiger partial charge in [-0.25, -0.2) is 0 Å². The number of nitrogens with zero attached hydrogens (tertiary/aromatic N) is 1. The molecule has 3 unspecified atom stereocenters. The highest BCUT2D eigenvalue weighted by Crippen LogP contribution is 2.33. The summed E-state index contributed by atoms with van der Waals surface area (Å²) >= 11 is 1.68. The highest BCUT2D eigenvalue weighted by atomic mass is 32.1. The SMILES string of the molecule is CC(C)C1NC(c2ccsc2)N(C2CCCOC2)C1=O. The van der Waals surface area contributed by atoms with Gasteiger partial charge in [-0.3, -0.25) is 10.1 Å². The lowest BCUT2D eigenvalue weighted by molar-refractivity contribution is -0.135. The zero-order valence-electron chi connectivity index (χ0n) is 12.0. The summed E-state index contributed by atoms with van der Waals surface area (Å²) in [4.78, 5) is 14.8. The first-order valence-electron chi connectivity index (χ1n) is 7.36. The van der Waals surface area contributed by atoms with Crippen LogP contribution in [0, 0.1) is 5.92 Å². The van der Waals surface area contributed by atoms with Gasteiger partial charge in [-0.1, -0.05) is 13.8 Å². The van der Waals surface area contributed by atoms with Crippen molar-refractivity contribution in [2.24, 2.45) is 5.92 Å². The normalized spacial score (nSPS) is 31.2. The molecular weight excluding hydrogens is 272 g/mol. The standard InChI is InChI=1S/C15H22N2O2S/c1-10(2)13-15(18)17(12-4-3-6-19-8-12)14(16-13)11-5-7-20-9-11/h5,7,9-10,12-14,16H,3-4,6,8H2,1-2H3. The molecule has 0 aliphatic carbocycles. The molecule has 3 heterocycles. The minimum absolute atomic E-state index is 0.00727. The molecule has 1 aromatic rings. The van der Waals surface area contributed by atoms with Crippen LogP contribution in [0.1, 0.15) is 38.4 Å². The molecule has 0 saturated carbocycles. The van der Waals surface area contributed by atoms with Crippen LogP contribution in [-0.2, 0) is 9.53 Å². The van der Waals surface area contributed by atoms with Crippen molar-refractivity contribution in [3.63, 3.8) is 0 Å². The quantitative estimate of drug-likeness (QED) is 0.930. The monoisotopic (exact) mass is 294 g/mol. The lowest BCUT2D eigenvalue weighted by Gasteiger charge is -2.34. The van der Waals surface area contributed by atoms with E-state index in [9.17, 15) is 4.79 Å². The molecule has 5 heteroatoms. The van der Waals surface area contributed by atoms with Gasteiger partial charge in [0.05, 0.1) is 18.7 Å². The number of ether oxygens (including phenoxy) is 1. The van der Waals surface area contributed by atoms with Gasteiger partial charge in [0.15, 0.2) is 0 Å². The van der Waals surface area contributed by atoms with Crippen LogP contribution in [0.3, 0.4) is 0 Å². The highest BCUT2D eigenvalue weighted by molar-refractivity contribution is 7.07. The molecule has 2 saturated heterocycles. The minimum atomic E-state index is -0.0816. The van der Waals surface area contributed by atoms with Gasteiger partial charge in [0, 0.05) is 6.61 Å². The van der Waals surface area contributed by atoms with Crippen molar-refractivity contribution < 1.29 is 9.53 Å². The summed E-state index contributed by atoms with van der Waals surface area (Å²) in [6, 6.07) is 2.23. The second-order valence-corrected chi connectivity index (χ2v) is 6.74. The molecule has 20 heavy (non-hydrogen) atoms. The van der Waals surface area contributed by atoms with E-state index >= 15 is 0 Å². The van der Waals surface area contributed by atoms with E-state index in [2.05, 4.69) is 36.0 Å². The number of hydrogen-bond donors (Lipinski definition) is 1. The fourth-order valence-electron chi connectivity index (χ4n) is 3.11. The number of nitrogens with one attached hydrogen (secondary N) is 1. The Labute approximate surface area is 124 Å². The van der Waals surface area contributed by atoms with Gasteiger partial charge < -0.3 is 9.64 Å². The fraction of sp³-hybridized carbons (Fsp3) is 0.667. The van der Waals surface area contributed by atoms with Crippen LogP contribution >= 0.6 is 11.3 Å². The Bertz CT molecular complexity index is 454. The molecule has 0 radical (unpaired) electrons. The second kappa shape index (κ2) is 5.84. The molecule has 1 N–H and O–H groups in total. The third-order valence-electron chi connectivity index (χ3n) is 4.19. The third-order valence-corrected chi connectivity index (χ3v) is 4.89. The van der Waals surface area contributed by atoms with Crippen LogP contribution in [-0.4, -0.2) is 36.1 Å². The number of carbonyl (C=O) groups is 1. The average Bonchev–Trinajstić information content (AvgIpc) is 3.06. The summed E-state index contributed by atoms with van der Waals surface area (Å²) in [5.41, 5.74) is 1.19. The number of amides is 1. The molecular formula is C15H22N2O2S. The van der Waals surface area contributed by atoms with E-state index in [4.69, 9.17) is 4.74 Å². The first-order valence-corrected chi connectivity index (χ1v) is 8.31. The fourth-order valence-corrected chi connectivity index (χ4v) is 3.79. The molecule has 2 aliphatic rings. The van der Waals surface area contributed by atoms with E-state index in [0.717, 1.165) is 19.4 Å². The largest absolute Gasteiger partial charge is 0.379 e. The Kier molecular flexibility index (Phi) is 4.10. The number of carbonyl (C=O) groups excluding carboxylic acids is 1. The Balaban J connectivity index is 1.87. The van der Waals surface area contributed by atoms with Gasteiger partial charge in [0.2, 0.25) is 5.91 Å². The van der Waals surface area contributed by atoms with Gasteiger partial charge in [-0.05, 0) is 41.1 Å². The van der Waals surface area contributed by atoms with Gasteiger partial charge in [-0.15, -0.1) is 0 Å². The maximum Gasteiger partial charge on any atom is 0.241 e. The first-order chi connectivity index (χ1) is 9.68. The summed E-state index contributed by atoms with van der Waals surface area (Å²) in [7, 11) is 0. The number of thiophene rings is 1. The van der Waals surface area contributed by atoms with Crippen molar-refractivity contribution in [2.75, 3.05) is 13.2 Å². The van der Waals surface area contributed by atoms with E-state index in [0.29, 0.717) is 12.5 Å². The topological polar surface area (TPSA) is 41.6 Å². The molecule has 2 aliphatic heterocycles. The molecule has 4 nitrogen and oxygen atoms in total. The van der Waals surface area contributed by atoms with Crippen molar-refractivity contribution >= 4 is 17.2 Å². The third kappa shape index (κ3) is 2.50. The van der Waals surface area contributed by atoms with Crippen molar-refractivity contribution in [3.05, 3.63) is 22.4 Å². The molecule has 3 rings (SSSR count). The Morgan fingerprint density at radius 1 is 1.50 bits per heavy atom. The number of hydrogen-bond acceptors (Lipinski definition) is 4. The predicted octanol–water partition coefficient (Wildman–Crippen LogP) is 2.38. The maximum absolute atomic E-state index is 12.8. The number of rotatable bonds is 3. The smallest absolute Gasteiger partial charge is 0.241 e. The zero-order chi connectivity index (χ0) is 14.1. The van der Waals surface area contributed by atoms with Crippen molar-refractivity contribution in [1.29, 1.82) is 0 Å². The summed E-state index contributed by atoms with van der Waals surface area (Å²) in [6.07, 6.45) is 2.09. The lowest BCUT2D eigenvalue weighted by Crippen LogP contribution is -2.45. The highest BCUT2D eigenvalue weighted by Gasteiger charge is 2.44. The average molecular weight is 294 g/mol. The van der Waals surface area contributed by atoms with E-state index in [1.165, 1.54) is 5.56 Å². The summed E-state index contributed by atoms with van der Waals surface area (Å²) in [5.74, 6) is 0.532. The van der Waals surface area contributed by atoms with Crippen LogP contribution in [0.2, 0.25) is 0 Å². The van der Waals surface area contributed by atoms with Gasteiger partial charge in [0.25, 0.3) is 0 Å². The Morgan fingerprint density at radius 2 is 2.35 bits per heavy atom. The molecule has 1 aromatic heterocycles. The van der Waals surface area contributed by atoms with E-state index < -0.39 is 0 Å². The van der Waals surface area contributed by atoms with Crippen LogP contribution < -0.4 is 5.32 Å².